The molecule has 6 nitrogen and oxygen atoms in total. The molecule has 0 saturated carbocycles. The van der Waals surface area contributed by atoms with Crippen molar-refractivity contribution in [3.05, 3.63) is 77.5 Å². The summed E-state index contributed by atoms with van der Waals surface area (Å²) >= 11 is 6.32. The summed E-state index contributed by atoms with van der Waals surface area (Å²) in [5.74, 6) is 0.267. The van der Waals surface area contributed by atoms with Crippen molar-refractivity contribution >= 4 is 11.6 Å². The Morgan fingerprint density at radius 1 is 1.03 bits per heavy atom. The van der Waals surface area contributed by atoms with Crippen LogP contribution in [0, 0.1) is 11.8 Å². The summed E-state index contributed by atoms with van der Waals surface area (Å²) in [6.07, 6.45) is 2.86. The van der Waals surface area contributed by atoms with Gasteiger partial charge in [-0.2, -0.15) is 4.39 Å². The van der Waals surface area contributed by atoms with Crippen LogP contribution in [0.15, 0.2) is 54.9 Å². The number of nitrogens with zero attached hydrogens (tertiary/aromatic N) is 3. The van der Waals surface area contributed by atoms with Crippen LogP contribution in [0.25, 0.3) is 22.6 Å². The van der Waals surface area contributed by atoms with Gasteiger partial charge in [-0.3, -0.25) is 4.98 Å². The van der Waals surface area contributed by atoms with E-state index in [1.54, 1.807) is 24.3 Å². The second-order valence-electron chi connectivity index (χ2n) is 6.20. The molecule has 0 amide bonds. The molecule has 152 valence electrons. The summed E-state index contributed by atoms with van der Waals surface area (Å²) in [7, 11) is 1.50. The van der Waals surface area contributed by atoms with Gasteiger partial charge in [-0.1, -0.05) is 11.6 Å². The van der Waals surface area contributed by atoms with Crippen LogP contribution in [0.3, 0.4) is 0 Å². The Morgan fingerprint density at radius 3 is 2.60 bits per heavy atom. The molecule has 0 spiro atoms. The average Bonchev–Trinajstić information content (AvgIpc) is 3.15. The third-order valence-corrected chi connectivity index (χ3v) is 4.57. The van der Waals surface area contributed by atoms with E-state index < -0.39 is 11.8 Å². The van der Waals surface area contributed by atoms with Crippen LogP contribution in [0.4, 0.5) is 8.78 Å². The number of H-pyrrole nitrogens is 1. The van der Waals surface area contributed by atoms with Crippen LogP contribution < -0.4 is 9.47 Å². The highest BCUT2D eigenvalue weighted by atomic mass is 35.5. The maximum Gasteiger partial charge on any atom is 0.212 e. The molecule has 1 aromatic carbocycles. The number of aromatic nitrogens is 4. The number of hydrogen-bond acceptors (Lipinski definition) is 5. The fourth-order valence-electron chi connectivity index (χ4n) is 2.80. The van der Waals surface area contributed by atoms with Crippen molar-refractivity contribution in [2.45, 2.75) is 6.61 Å². The molecule has 4 rings (SSSR count). The smallest absolute Gasteiger partial charge is 0.212 e. The van der Waals surface area contributed by atoms with Gasteiger partial charge >= 0.3 is 0 Å². The van der Waals surface area contributed by atoms with E-state index in [1.165, 1.54) is 37.7 Å². The first kappa shape index (κ1) is 19.8. The monoisotopic (exact) mass is 428 g/mol. The summed E-state index contributed by atoms with van der Waals surface area (Å²) in [6.45, 7) is -0.0484. The van der Waals surface area contributed by atoms with E-state index in [0.29, 0.717) is 39.3 Å². The van der Waals surface area contributed by atoms with Gasteiger partial charge < -0.3 is 14.5 Å². The lowest BCUT2D eigenvalue weighted by Crippen LogP contribution is -2.02. The maximum atomic E-state index is 13.7. The van der Waals surface area contributed by atoms with Crippen molar-refractivity contribution in [3.8, 4) is 34.1 Å². The van der Waals surface area contributed by atoms with Crippen molar-refractivity contribution in [2.75, 3.05) is 7.11 Å². The predicted octanol–water partition coefficient (Wildman–Crippen LogP) is 5.05. The molecule has 1 N–H and O–H groups in total. The second-order valence-corrected chi connectivity index (χ2v) is 6.58. The maximum absolute atomic E-state index is 13.7. The zero-order valence-electron chi connectivity index (χ0n) is 15.7. The lowest BCUT2D eigenvalue weighted by molar-refractivity contribution is 0.275. The standard InChI is InChI=1S/C21H15ClF2N4O2/c1-29-17-9-12(4-6-16(17)30-11-15-14(23)3-2-8-25-15)19-20(22)28-21(27-19)13-5-7-18(24)26-10-13/h2-10H,11H2,1H3,(H,27,28). The molecule has 4 aromatic rings. The molecule has 0 radical (unpaired) electrons. The fourth-order valence-corrected chi connectivity index (χ4v) is 3.04. The summed E-state index contributed by atoms with van der Waals surface area (Å²) in [5.41, 5.74) is 1.94. The zero-order chi connectivity index (χ0) is 21.1. The minimum Gasteiger partial charge on any atom is -0.493 e. The van der Waals surface area contributed by atoms with Gasteiger partial charge in [0.1, 0.15) is 34.8 Å². The molecular formula is C21H15ClF2N4O2. The number of hydrogen-bond donors (Lipinski definition) is 1. The van der Waals surface area contributed by atoms with E-state index in [2.05, 4.69) is 19.9 Å². The highest BCUT2D eigenvalue weighted by molar-refractivity contribution is 6.32. The number of benzene rings is 1. The lowest BCUT2D eigenvalue weighted by atomic mass is 10.1. The predicted molar refractivity (Wildman–Crippen MR) is 107 cm³/mol. The largest absolute Gasteiger partial charge is 0.493 e. The Kier molecular flexibility index (Phi) is 5.58. The van der Waals surface area contributed by atoms with E-state index in [9.17, 15) is 8.78 Å². The highest BCUT2D eigenvalue weighted by Crippen LogP contribution is 2.36. The third kappa shape index (κ3) is 4.08. The Morgan fingerprint density at radius 2 is 1.87 bits per heavy atom. The van der Waals surface area contributed by atoms with Crippen molar-refractivity contribution in [2.24, 2.45) is 0 Å². The first-order chi connectivity index (χ1) is 14.5. The zero-order valence-corrected chi connectivity index (χ0v) is 16.5. The number of pyridine rings is 2. The van der Waals surface area contributed by atoms with E-state index in [1.807, 2.05) is 0 Å². The highest BCUT2D eigenvalue weighted by Gasteiger charge is 2.15. The molecule has 3 heterocycles. The van der Waals surface area contributed by atoms with Gasteiger partial charge in [0, 0.05) is 23.5 Å². The van der Waals surface area contributed by atoms with Gasteiger partial charge in [-0.05, 0) is 42.5 Å². The van der Waals surface area contributed by atoms with Gasteiger partial charge in [0.25, 0.3) is 0 Å². The number of rotatable bonds is 6. The van der Waals surface area contributed by atoms with Crippen LogP contribution in [0.5, 0.6) is 11.5 Å². The SMILES string of the molecule is COc1cc(-c2nc(-c3ccc(F)nc3)[nH]c2Cl)ccc1OCc1ncccc1F. The molecule has 0 bridgehead atoms. The van der Waals surface area contributed by atoms with Crippen LogP contribution in [-0.2, 0) is 6.61 Å². The first-order valence-electron chi connectivity index (χ1n) is 8.83. The van der Waals surface area contributed by atoms with E-state index >= 15 is 0 Å². The van der Waals surface area contributed by atoms with Gasteiger partial charge in [-0.25, -0.2) is 14.4 Å². The van der Waals surface area contributed by atoms with Crippen molar-refractivity contribution in [3.63, 3.8) is 0 Å². The van der Waals surface area contributed by atoms with E-state index in [-0.39, 0.29) is 12.3 Å². The normalized spacial score (nSPS) is 10.8. The third-order valence-electron chi connectivity index (χ3n) is 4.30. The Hall–Kier alpha value is -3.52. The Balaban J connectivity index is 1.60. The molecule has 0 aliphatic rings. The second kappa shape index (κ2) is 8.46. The summed E-state index contributed by atoms with van der Waals surface area (Å²) in [5, 5.41) is 0.306. The number of nitrogens with one attached hydrogen (secondary N) is 1. The summed E-state index contributed by atoms with van der Waals surface area (Å²) in [6, 6.07) is 10.8. The van der Waals surface area contributed by atoms with E-state index in [0.717, 1.165) is 0 Å². The summed E-state index contributed by atoms with van der Waals surface area (Å²) in [4.78, 5) is 15.0. The molecular weight excluding hydrogens is 414 g/mol. The molecule has 0 atom stereocenters. The van der Waals surface area contributed by atoms with Crippen molar-refractivity contribution in [1.29, 1.82) is 0 Å². The van der Waals surface area contributed by atoms with Crippen LogP contribution in [-0.4, -0.2) is 27.0 Å². The molecule has 0 saturated heterocycles. The number of aromatic amines is 1. The molecule has 0 aliphatic carbocycles. The van der Waals surface area contributed by atoms with Gasteiger partial charge in [0.05, 0.1) is 7.11 Å². The minimum absolute atomic E-state index is 0.0484. The Bertz CT molecular complexity index is 1180. The quantitative estimate of drug-likeness (QED) is 0.435. The molecule has 3 aromatic heterocycles. The van der Waals surface area contributed by atoms with Crippen molar-refractivity contribution < 1.29 is 18.3 Å². The van der Waals surface area contributed by atoms with Crippen LogP contribution in [0.1, 0.15) is 5.69 Å². The van der Waals surface area contributed by atoms with Crippen LogP contribution in [0.2, 0.25) is 5.15 Å². The lowest BCUT2D eigenvalue weighted by Gasteiger charge is -2.12. The molecule has 0 unspecified atom stereocenters. The number of methoxy groups -OCH3 is 1. The molecule has 0 aliphatic heterocycles. The molecule has 9 heteroatoms. The summed E-state index contributed by atoms with van der Waals surface area (Å²) < 4.78 is 37.9. The van der Waals surface area contributed by atoms with Crippen molar-refractivity contribution in [1.82, 2.24) is 19.9 Å². The van der Waals surface area contributed by atoms with Gasteiger partial charge in [-0.15, -0.1) is 0 Å². The number of halogens is 3. The fraction of sp³-hybridized carbons (Fsp3) is 0.0952. The van der Waals surface area contributed by atoms with Gasteiger partial charge in [0.15, 0.2) is 11.5 Å². The number of ether oxygens (including phenoxy) is 2. The average molecular weight is 429 g/mol. The van der Waals surface area contributed by atoms with Gasteiger partial charge in [0.2, 0.25) is 5.95 Å². The molecule has 0 fully saturated rings. The van der Waals surface area contributed by atoms with E-state index in [4.69, 9.17) is 21.1 Å². The number of imidazole rings is 1. The topological polar surface area (TPSA) is 72.9 Å². The molecule has 30 heavy (non-hydrogen) atoms. The minimum atomic E-state index is -0.581. The van der Waals surface area contributed by atoms with Crippen LogP contribution >= 0.6 is 11.6 Å². The first-order valence-corrected chi connectivity index (χ1v) is 9.21. The Labute approximate surface area is 175 Å².